The Morgan fingerprint density at radius 2 is 2.06 bits per heavy atom. The third-order valence-electron chi connectivity index (χ3n) is 2.58. The number of aromatic nitrogens is 2. The second-order valence-electron chi connectivity index (χ2n) is 3.87. The Balaban J connectivity index is 1.68. The summed E-state index contributed by atoms with van der Waals surface area (Å²) in [6, 6.07) is 5.82. The Morgan fingerprint density at radius 1 is 1.17 bits per heavy atom. The fourth-order valence-electron chi connectivity index (χ4n) is 1.67. The average Bonchev–Trinajstić information content (AvgIpc) is 2.85. The highest BCUT2D eigenvalue weighted by molar-refractivity contribution is 5.45. The van der Waals surface area contributed by atoms with Crippen LogP contribution in [0.5, 0.6) is 11.5 Å². The van der Waals surface area contributed by atoms with Gasteiger partial charge in [-0.25, -0.2) is 9.97 Å². The number of nitrogen functional groups attached to an aromatic ring is 1. The molecule has 1 aliphatic heterocycles. The number of nitrogens with one attached hydrogen (secondary N) is 1. The quantitative estimate of drug-likeness (QED) is 0.849. The molecule has 6 heteroatoms. The molecule has 1 aromatic heterocycles. The SMILES string of the molecule is Nc1cnc(NCc2ccc3c(c2)OCO3)cn1. The van der Waals surface area contributed by atoms with Gasteiger partial charge in [0.2, 0.25) is 6.79 Å². The molecule has 18 heavy (non-hydrogen) atoms. The molecule has 0 fully saturated rings. The number of fused-ring (bicyclic) bond motifs is 1. The predicted octanol–water partition coefficient (Wildman–Crippen LogP) is 1.40. The number of ether oxygens (including phenoxy) is 2. The van der Waals surface area contributed by atoms with Crippen LogP contribution in [0.25, 0.3) is 0 Å². The topological polar surface area (TPSA) is 82.3 Å². The van der Waals surface area contributed by atoms with Gasteiger partial charge in [-0.1, -0.05) is 6.07 Å². The standard InChI is InChI=1S/C12H12N4O2/c13-11-5-16-12(6-14-11)15-4-8-1-2-9-10(3-8)18-7-17-9/h1-3,5-6H,4,7H2,(H2,13,14)(H,15,16). The third kappa shape index (κ3) is 2.13. The molecule has 1 aromatic carbocycles. The van der Waals surface area contributed by atoms with E-state index in [1.165, 1.54) is 6.20 Å². The molecule has 0 aliphatic carbocycles. The lowest BCUT2D eigenvalue weighted by Crippen LogP contribution is -2.02. The molecule has 3 N–H and O–H groups in total. The Bertz CT molecular complexity index is 557. The van der Waals surface area contributed by atoms with Crippen LogP contribution < -0.4 is 20.5 Å². The molecule has 6 nitrogen and oxygen atoms in total. The highest BCUT2D eigenvalue weighted by Crippen LogP contribution is 2.32. The van der Waals surface area contributed by atoms with E-state index in [0.717, 1.165) is 17.1 Å². The predicted molar refractivity (Wildman–Crippen MR) is 66.3 cm³/mol. The first-order valence-corrected chi connectivity index (χ1v) is 5.51. The van der Waals surface area contributed by atoms with Crippen molar-refractivity contribution in [2.24, 2.45) is 0 Å². The molecule has 92 valence electrons. The van der Waals surface area contributed by atoms with E-state index in [0.29, 0.717) is 18.2 Å². The van der Waals surface area contributed by atoms with E-state index in [1.54, 1.807) is 6.20 Å². The van der Waals surface area contributed by atoms with E-state index in [1.807, 2.05) is 18.2 Å². The number of benzene rings is 1. The van der Waals surface area contributed by atoms with Crippen molar-refractivity contribution in [2.45, 2.75) is 6.54 Å². The van der Waals surface area contributed by atoms with Crippen molar-refractivity contribution >= 4 is 11.6 Å². The van der Waals surface area contributed by atoms with Gasteiger partial charge < -0.3 is 20.5 Å². The third-order valence-corrected chi connectivity index (χ3v) is 2.58. The van der Waals surface area contributed by atoms with Crippen LogP contribution in [-0.2, 0) is 6.54 Å². The summed E-state index contributed by atoms with van der Waals surface area (Å²) in [5.74, 6) is 2.65. The van der Waals surface area contributed by atoms with E-state index >= 15 is 0 Å². The zero-order valence-electron chi connectivity index (χ0n) is 9.59. The second kappa shape index (κ2) is 4.40. The summed E-state index contributed by atoms with van der Waals surface area (Å²) in [5, 5.41) is 3.15. The molecule has 0 saturated heterocycles. The molecule has 1 aliphatic rings. The number of nitrogens with zero attached hydrogens (tertiary/aromatic N) is 2. The van der Waals surface area contributed by atoms with Gasteiger partial charge in [0.15, 0.2) is 11.5 Å². The van der Waals surface area contributed by atoms with Gasteiger partial charge in [-0.2, -0.15) is 0 Å². The van der Waals surface area contributed by atoms with Gasteiger partial charge in [0, 0.05) is 6.54 Å². The number of hydrogen-bond acceptors (Lipinski definition) is 6. The summed E-state index contributed by atoms with van der Waals surface area (Å²) in [5.41, 5.74) is 6.54. The van der Waals surface area contributed by atoms with Gasteiger partial charge in [-0.15, -0.1) is 0 Å². The molecule has 2 heterocycles. The monoisotopic (exact) mass is 244 g/mol. The minimum absolute atomic E-state index is 0.287. The normalized spacial score (nSPS) is 12.4. The molecule has 0 unspecified atom stereocenters. The zero-order chi connectivity index (χ0) is 12.4. The van der Waals surface area contributed by atoms with Gasteiger partial charge in [0.25, 0.3) is 0 Å². The number of rotatable bonds is 3. The van der Waals surface area contributed by atoms with Crippen LogP contribution in [0.1, 0.15) is 5.56 Å². The zero-order valence-corrected chi connectivity index (χ0v) is 9.59. The van der Waals surface area contributed by atoms with E-state index < -0.39 is 0 Å². The highest BCUT2D eigenvalue weighted by Gasteiger charge is 2.12. The molecular formula is C12H12N4O2. The molecule has 3 rings (SSSR count). The molecule has 0 atom stereocenters. The van der Waals surface area contributed by atoms with Gasteiger partial charge in [-0.05, 0) is 17.7 Å². The first-order valence-electron chi connectivity index (χ1n) is 5.51. The Hall–Kier alpha value is -2.50. The van der Waals surface area contributed by atoms with E-state index in [4.69, 9.17) is 15.2 Å². The highest BCUT2D eigenvalue weighted by atomic mass is 16.7. The van der Waals surface area contributed by atoms with E-state index in [2.05, 4.69) is 15.3 Å². The minimum Gasteiger partial charge on any atom is -0.454 e. The maximum atomic E-state index is 5.46. The van der Waals surface area contributed by atoms with Crippen molar-refractivity contribution in [1.82, 2.24) is 9.97 Å². The van der Waals surface area contributed by atoms with Gasteiger partial charge in [0.1, 0.15) is 11.6 Å². The van der Waals surface area contributed by atoms with Crippen LogP contribution in [0.4, 0.5) is 11.6 Å². The van der Waals surface area contributed by atoms with Crippen LogP contribution in [0, 0.1) is 0 Å². The number of nitrogens with two attached hydrogens (primary N) is 1. The maximum absolute atomic E-state index is 5.46. The van der Waals surface area contributed by atoms with E-state index in [-0.39, 0.29) is 6.79 Å². The van der Waals surface area contributed by atoms with Crippen LogP contribution in [0.2, 0.25) is 0 Å². The van der Waals surface area contributed by atoms with Crippen molar-refractivity contribution in [3.63, 3.8) is 0 Å². The molecule has 0 amide bonds. The largest absolute Gasteiger partial charge is 0.454 e. The molecule has 0 spiro atoms. The fraction of sp³-hybridized carbons (Fsp3) is 0.167. The summed E-state index contributed by atoms with van der Waals surface area (Å²) in [6.07, 6.45) is 3.12. The lowest BCUT2D eigenvalue weighted by Gasteiger charge is -2.06. The van der Waals surface area contributed by atoms with Gasteiger partial charge in [0.05, 0.1) is 12.4 Å². The van der Waals surface area contributed by atoms with Crippen LogP contribution >= 0.6 is 0 Å². The molecule has 0 saturated carbocycles. The maximum Gasteiger partial charge on any atom is 0.231 e. The summed E-state index contributed by atoms with van der Waals surface area (Å²) in [6.45, 7) is 0.922. The van der Waals surface area contributed by atoms with Crippen molar-refractivity contribution in [2.75, 3.05) is 17.8 Å². The van der Waals surface area contributed by atoms with Gasteiger partial charge in [-0.3, -0.25) is 0 Å². The lowest BCUT2D eigenvalue weighted by atomic mass is 10.2. The molecular weight excluding hydrogens is 232 g/mol. The summed E-state index contributed by atoms with van der Waals surface area (Å²) in [7, 11) is 0. The smallest absolute Gasteiger partial charge is 0.231 e. The van der Waals surface area contributed by atoms with Crippen molar-refractivity contribution in [1.29, 1.82) is 0 Å². The molecule has 2 aromatic rings. The van der Waals surface area contributed by atoms with Crippen molar-refractivity contribution in [3.05, 3.63) is 36.2 Å². The average molecular weight is 244 g/mol. The lowest BCUT2D eigenvalue weighted by molar-refractivity contribution is 0.174. The molecule has 0 bridgehead atoms. The Kier molecular flexibility index (Phi) is 2.60. The van der Waals surface area contributed by atoms with Crippen LogP contribution in [0.3, 0.4) is 0 Å². The van der Waals surface area contributed by atoms with Gasteiger partial charge >= 0.3 is 0 Å². The Morgan fingerprint density at radius 3 is 2.89 bits per heavy atom. The summed E-state index contributed by atoms with van der Waals surface area (Å²) < 4.78 is 10.6. The first kappa shape index (κ1) is 10.6. The number of anilines is 2. The van der Waals surface area contributed by atoms with Crippen LogP contribution in [-0.4, -0.2) is 16.8 Å². The van der Waals surface area contributed by atoms with Crippen molar-refractivity contribution in [3.8, 4) is 11.5 Å². The first-order chi connectivity index (χ1) is 8.81. The molecule has 0 radical (unpaired) electrons. The van der Waals surface area contributed by atoms with Crippen molar-refractivity contribution < 1.29 is 9.47 Å². The number of hydrogen-bond donors (Lipinski definition) is 2. The fourth-order valence-corrected chi connectivity index (χ4v) is 1.67. The minimum atomic E-state index is 0.287. The van der Waals surface area contributed by atoms with Crippen LogP contribution in [0.15, 0.2) is 30.6 Å². The van der Waals surface area contributed by atoms with E-state index in [9.17, 15) is 0 Å². The Labute approximate surface area is 104 Å². The summed E-state index contributed by atoms with van der Waals surface area (Å²) in [4.78, 5) is 8.07. The second-order valence-corrected chi connectivity index (χ2v) is 3.87. The summed E-state index contributed by atoms with van der Waals surface area (Å²) >= 11 is 0.